The van der Waals surface area contributed by atoms with Gasteiger partial charge in [-0.15, -0.1) is 0 Å². The molecule has 1 fully saturated rings. The quantitative estimate of drug-likeness (QED) is 0.896. The Morgan fingerprint density at radius 1 is 1.27 bits per heavy atom. The number of carbonyl (C=O) groups excluding carboxylic acids is 1. The first-order valence-corrected chi connectivity index (χ1v) is 7.40. The standard InChI is InChI=1S/C16H22N2O4/c1-10-9-18(11(2)12(3)22-10)16(21)17-8-13-4-6-14(7-5-13)15(19)20/h4-7,10-12H,8-9H2,1-3H3,(H,17,21)(H,19,20). The Kier molecular flexibility index (Phi) is 5.03. The van der Waals surface area contributed by atoms with E-state index in [1.165, 1.54) is 12.1 Å². The molecule has 0 radical (unpaired) electrons. The number of carboxylic acid groups (broad SMARTS) is 1. The molecule has 1 aliphatic heterocycles. The molecular formula is C16H22N2O4. The number of hydrogen-bond acceptors (Lipinski definition) is 3. The van der Waals surface area contributed by atoms with Gasteiger partial charge in [0.1, 0.15) is 0 Å². The largest absolute Gasteiger partial charge is 0.478 e. The van der Waals surface area contributed by atoms with E-state index in [2.05, 4.69) is 5.32 Å². The van der Waals surface area contributed by atoms with Crippen LogP contribution in [0.2, 0.25) is 0 Å². The molecule has 1 heterocycles. The third-order valence-corrected chi connectivity index (χ3v) is 3.98. The molecule has 2 amide bonds. The van der Waals surface area contributed by atoms with Crippen LogP contribution in [0.5, 0.6) is 0 Å². The Hall–Kier alpha value is -2.08. The van der Waals surface area contributed by atoms with Crippen molar-refractivity contribution in [2.24, 2.45) is 0 Å². The van der Waals surface area contributed by atoms with Crippen molar-refractivity contribution in [2.45, 2.75) is 45.6 Å². The molecule has 1 aliphatic rings. The zero-order chi connectivity index (χ0) is 16.3. The van der Waals surface area contributed by atoms with Crippen LogP contribution in [0.25, 0.3) is 0 Å². The fourth-order valence-electron chi connectivity index (χ4n) is 2.53. The van der Waals surface area contributed by atoms with Crippen LogP contribution in [0.4, 0.5) is 4.79 Å². The van der Waals surface area contributed by atoms with E-state index >= 15 is 0 Å². The molecule has 1 aromatic rings. The molecule has 0 bridgehead atoms. The third-order valence-electron chi connectivity index (χ3n) is 3.98. The Balaban J connectivity index is 1.93. The van der Waals surface area contributed by atoms with Crippen molar-refractivity contribution in [2.75, 3.05) is 6.54 Å². The summed E-state index contributed by atoms with van der Waals surface area (Å²) in [4.78, 5) is 24.9. The second-order valence-electron chi connectivity index (χ2n) is 5.71. The summed E-state index contributed by atoms with van der Waals surface area (Å²) in [6.45, 7) is 6.82. The summed E-state index contributed by atoms with van der Waals surface area (Å²) in [6.07, 6.45) is 0.0242. The van der Waals surface area contributed by atoms with Crippen molar-refractivity contribution < 1.29 is 19.4 Å². The fraction of sp³-hybridized carbons (Fsp3) is 0.500. The highest BCUT2D eigenvalue weighted by Gasteiger charge is 2.32. The Morgan fingerprint density at radius 2 is 1.91 bits per heavy atom. The van der Waals surface area contributed by atoms with Crippen LogP contribution in [0.3, 0.4) is 0 Å². The average molecular weight is 306 g/mol. The molecule has 3 unspecified atom stereocenters. The van der Waals surface area contributed by atoms with Crippen molar-refractivity contribution in [1.29, 1.82) is 0 Å². The average Bonchev–Trinajstić information content (AvgIpc) is 2.48. The van der Waals surface area contributed by atoms with Gasteiger partial charge in [-0.05, 0) is 38.5 Å². The van der Waals surface area contributed by atoms with Gasteiger partial charge in [-0.25, -0.2) is 9.59 Å². The number of carbonyl (C=O) groups is 2. The molecule has 0 aliphatic carbocycles. The van der Waals surface area contributed by atoms with E-state index in [9.17, 15) is 9.59 Å². The van der Waals surface area contributed by atoms with Crippen LogP contribution in [-0.2, 0) is 11.3 Å². The topological polar surface area (TPSA) is 78.9 Å². The van der Waals surface area contributed by atoms with Gasteiger partial charge in [-0.3, -0.25) is 0 Å². The number of carboxylic acids is 1. The number of rotatable bonds is 3. The molecule has 22 heavy (non-hydrogen) atoms. The van der Waals surface area contributed by atoms with Crippen LogP contribution in [0.1, 0.15) is 36.7 Å². The molecular weight excluding hydrogens is 284 g/mol. The van der Waals surface area contributed by atoms with Gasteiger partial charge in [0.2, 0.25) is 0 Å². The number of nitrogens with one attached hydrogen (secondary N) is 1. The molecule has 6 nitrogen and oxygen atoms in total. The lowest BCUT2D eigenvalue weighted by Crippen LogP contribution is -2.56. The summed E-state index contributed by atoms with van der Waals surface area (Å²) in [5, 5.41) is 11.7. The van der Waals surface area contributed by atoms with E-state index in [1.54, 1.807) is 17.0 Å². The predicted octanol–water partition coefficient (Wildman–Crippen LogP) is 2.09. The highest BCUT2D eigenvalue weighted by Crippen LogP contribution is 2.17. The van der Waals surface area contributed by atoms with Crippen LogP contribution < -0.4 is 5.32 Å². The van der Waals surface area contributed by atoms with E-state index in [0.29, 0.717) is 13.1 Å². The molecule has 2 rings (SSSR count). The Labute approximate surface area is 130 Å². The number of ether oxygens (including phenoxy) is 1. The zero-order valence-electron chi connectivity index (χ0n) is 13.1. The van der Waals surface area contributed by atoms with Gasteiger partial charge >= 0.3 is 12.0 Å². The lowest BCUT2D eigenvalue weighted by Gasteiger charge is -2.41. The third kappa shape index (κ3) is 3.76. The number of aromatic carboxylic acids is 1. The summed E-state index contributed by atoms with van der Waals surface area (Å²) in [5.74, 6) is -0.958. The molecule has 1 saturated heterocycles. The van der Waals surface area contributed by atoms with Gasteiger partial charge in [0, 0.05) is 13.1 Å². The number of hydrogen-bond donors (Lipinski definition) is 2. The number of benzene rings is 1. The van der Waals surface area contributed by atoms with Crippen LogP contribution in [0, 0.1) is 0 Å². The van der Waals surface area contributed by atoms with E-state index in [-0.39, 0.29) is 29.8 Å². The van der Waals surface area contributed by atoms with Gasteiger partial charge in [0.25, 0.3) is 0 Å². The van der Waals surface area contributed by atoms with Crippen molar-refractivity contribution in [3.05, 3.63) is 35.4 Å². The zero-order valence-corrected chi connectivity index (χ0v) is 13.1. The first kappa shape index (κ1) is 16.3. The van der Waals surface area contributed by atoms with Crippen LogP contribution in [-0.4, -0.2) is 46.8 Å². The predicted molar refractivity (Wildman–Crippen MR) is 81.8 cm³/mol. The normalized spacial score (nSPS) is 24.9. The van der Waals surface area contributed by atoms with E-state index in [4.69, 9.17) is 9.84 Å². The van der Waals surface area contributed by atoms with Crippen molar-refractivity contribution in [3.8, 4) is 0 Å². The van der Waals surface area contributed by atoms with Gasteiger partial charge in [-0.1, -0.05) is 12.1 Å². The molecule has 1 aromatic carbocycles. The highest BCUT2D eigenvalue weighted by molar-refractivity contribution is 5.87. The minimum Gasteiger partial charge on any atom is -0.478 e. The second-order valence-corrected chi connectivity index (χ2v) is 5.71. The lowest BCUT2D eigenvalue weighted by molar-refractivity contribution is -0.0832. The maximum absolute atomic E-state index is 12.3. The summed E-state index contributed by atoms with van der Waals surface area (Å²) in [6, 6.07) is 6.37. The van der Waals surface area contributed by atoms with Gasteiger partial charge in [-0.2, -0.15) is 0 Å². The molecule has 0 spiro atoms. The van der Waals surface area contributed by atoms with Gasteiger partial charge in [0.05, 0.1) is 23.8 Å². The first-order valence-electron chi connectivity index (χ1n) is 7.40. The maximum Gasteiger partial charge on any atom is 0.335 e. The molecule has 2 N–H and O–H groups in total. The van der Waals surface area contributed by atoms with E-state index in [1.807, 2.05) is 20.8 Å². The monoisotopic (exact) mass is 306 g/mol. The van der Waals surface area contributed by atoms with Crippen LogP contribution in [0.15, 0.2) is 24.3 Å². The van der Waals surface area contributed by atoms with Crippen molar-refractivity contribution >= 4 is 12.0 Å². The van der Waals surface area contributed by atoms with Crippen molar-refractivity contribution in [3.63, 3.8) is 0 Å². The van der Waals surface area contributed by atoms with E-state index < -0.39 is 5.97 Å². The smallest absolute Gasteiger partial charge is 0.335 e. The molecule has 0 saturated carbocycles. The highest BCUT2D eigenvalue weighted by atomic mass is 16.5. The minimum atomic E-state index is -0.958. The Morgan fingerprint density at radius 3 is 2.50 bits per heavy atom. The molecule has 120 valence electrons. The maximum atomic E-state index is 12.3. The number of nitrogens with zero attached hydrogens (tertiary/aromatic N) is 1. The molecule has 0 aromatic heterocycles. The summed E-state index contributed by atoms with van der Waals surface area (Å²) >= 11 is 0. The number of morpholine rings is 1. The Bertz CT molecular complexity index is 544. The number of amides is 2. The molecule has 3 atom stereocenters. The van der Waals surface area contributed by atoms with E-state index in [0.717, 1.165) is 5.56 Å². The van der Waals surface area contributed by atoms with Crippen LogP contribution >= 0.6 is 0 Å². The summed E-state index contributed by atoms with van der Waals surface area (Å²) in [7, 11) is 0. The minimum absolute atomic E-state index is 0.00403. The second kappa shape index (κ2) is 6.79. The fourth-order valence-corrected chi connectivity index (χ4v) is 2.53. The van der Waals surface area contributed by atoms with Gasteiger partial charge < -0.3 is 20.1 Å². The molecule has 6 heteroatoms. The number of urea groups is 1. The van der Waals surface area contributed by atoms with Gasteiger partial charge in [0.15, 0.2) is 0 Å². The first-order chi connectivity index (χ1) is 10.4. The summed E-state index contributed by atoms with van der Waals surface area (Å²) in [5.41, 5.74) is 1.10. The lowest BCUT2D eigenvalue weighted by atomic mass is 10.1. The SMILES string of the molecule is CC1CN(C(=O)NCc2ccc(C(=O)O)cc2)C(C)C(C)O1. The van der Waals surface area contributed by atoms with Crippen molar-refractivity contribution in [1.82, 2.24) is 10.2 Å². The summed E-state index contributed by atoms with van der Waals surface area (Å²) < 4.78 is 5.70.